The van der Waals surface area contributed by atoms with Gasteiger partial charge >= 0.3 is 11.8 Å². The molecule has 0 bridgehead atoms. The van der Waals surface area contributed by atoms with Crippen molar-refractivity contribution in [3.05, 3.63) is 77.1 Å². The summed E-state index contributed by atoms with van der Waals surface area (Å²) in [5.41, 5.74) is 0.925. The van der Waals surface area contributed by atoms with Gasteiger partial charge in [-0.1, -0.05) is 54.1 Å². The molecule has 4 rings (SSSR count). The normalized spacial score (nSPS) is 14.9. The Labute approximate surface area is 160 Å². The molecule has 3 aromatic rings. The van der Waals surface area contributed by atoms with Crippen LogP contribution in [0.25, 0.3) is 10.8 Å². The number of nitrogens with zero attached hydrogens (tertiary/aromatic N) is 2. The Kier molecular flexibility index (Phi) is 4.54. The van der Waals surface area contributed by atoms with Crippen LogP contribution in [0.4, 0.5) is 10.1 Å². The van der Waals surface area contributed by atoms with Crippen LogP contribution in [0.1, 0.15) is 5.56 Å². The average molecular weight is 383 g/mol. The highest BCUT2D eigenvalue weighted by Gasteiger charge is 2.34. The van der Waals surface area contributed by atoms with Crippen molar-refractivity contribution >= 4 is 39.9 Å². The summed E-state index contributed by atoms with van der Waals surface area (Å²) in [6, 6.07) is 17.7. The van der Waals surface area contributed by atoms with E-state index in [2.05, 4.69) is 0 Å². The van der Waals surface area contributed by atoms with Gasteiger partial charge in [-0.3, -0.25) is 9.59 Å². The summed E-state index contributed by atoms with van der Waals surface area (Å²) in [6.07, 6.45) is 0. The van der Waals surface area contributed by atoms with E-state index in [9.17, 15) is 14.0 Å². The Morgan fingerprint density at radius 3 is 2.44 bits per heavy atom. The maximum Gasteiger partial charge on any atom is 0.316 e. The Morgan fingerprint density at radius 2 is 1.63 bits per heavy atom. The van der Waals surface area contributed by atoms with Gasteiger partial charge in [0.05, 0.1) is 12.2 Å². The van der Waals surface area contributed by atoms with Gasteiger partial charge in [-0.25, -0.2) is 4.39 Å². The molecule has 1 saturated heterocycles. The minimum atomic E-state index is -0.659. The summed E-state index contributed by atoms with van der Waals surface area (Å²) < 4.78 is 14.0. The van der Waals surface area contributed by atoms with E-state index < -0.39 is 17.6 Å². The number of fused-ring (bicyclic) bond motifs is 1. The van der Waals surface area contributed by atoms with Crippen LogP contribution in [-0.2, 0) is 16.1 Å². The molecule has 3 aromatic carbocycles. The number of benzene rings is 3. The van der Waals surface area contributed by atoms with Crippen molar-refractivity contribution in [3.8, 4) is 0 Å². The molecule has 0 unspecified atom stereocenters. The van der Waals surface area contributed by atoms with Gasteiger partial charge in [-0.15, -0.1) is 0 Å². The first-order valence-electron chi connectivity index (χ1n) is 8.57. The van der Waals surface area contributed by atoms with Gasteiger partial charge in [0, 0.05) is 29.1 Å². The van der Waals surface area contributed by atoms with Gasteiger partial charge in [-0.2, -0.15) is 0 Å². The second-order valence-electron chi connectivity index (χ2n) is 6.38. The summed E-state index contributed by atoms with van der Waals surface area (Å²) in [5.74, 6) is -1.77. The van der Waals surface area contributed by atoms with E-state index in [1.54, 1.807) is 6.07 Å². The smallest absolute Gasteiger partial charge is 0.316 e. The molecule has 1 aliphatic heterocycles. The second-order valence-corrected chi connectivity index (χ2v) is 6.79. The number of rotatable bonds is 3. The monoisotopic (exact) mass is 382 g/mol. The molecule has 1 aliphatic rings. The number of carbonyl (C=O) groups is 2. The predicted molar refractivity (Wildman–Crippen MR) is 103 cm³/mol. The van der Waals surface area contributed by atoms with Crippen molar-refractivity contribution < 1.29 is 14.0 Å². The molecule has 1 heterocycles. The van der Waals surface area contributed by atoms with Gasteiger partial charge in [0.1, 0.15) is 5.82 Å². The zero-order valence-electron chi connectivity index (χ0n) is 14.4. The van der Waals surface area contributed by atoms with Crippen molar-refractivity contribution in [2.24, 2.45) is 0 Å². The number of anilines is 1. The van der Waals surface area contributed by atoms with E-state index in [0.717, 1.165) is 10.8 Å². The third-order valence-corrected chi connectivity index (χ3v) is 5.13. The van der Waals surface area contributed by atoms with Crippen LogP contribution in [0.3, 0.4) is 0 Å². The summed E-state index contributed by atoms with van der Waals surface area (Å²) in [6.45, 7) is 0.614. The fraction of sp³-hybridized carbons (Fsp3) is 0.143. The van der Waals surface area contributed by atoms with E-state index in [-0.39, 0.29) is 17.1 Å². The first-order valence-corrected chi connectivity index (χ1v) is 8.95. The molecule has 0 atom stereocenters. The highest BCUT2D eigenvalue weighted by atomic mass is 35.5. The molecule has 2 amide bonds. The Hall–Kier alpha value is -2.92. The molecule has 0 saturated carbocycles. The van der Waals surface area contributed by atoms with Crippen molar-refractivity contribution in [2.45, 2.75) is 6.54 Å². The highest BCUT2D eigenvalue weighted by Crippen LogP contribution is 2.29. The lowest BCUT2D eigenvalue weighted by atomic mass is 10.1. The lowest BCUT2D eigenvalue weighted by Crippen LogP contribution is -2.54. The topological polar surface area (TPSA) is 40.6 Å². The molecule has 1 fully saturated rings. The predicted octanol–water partition coefficient (Wildman–Crippen LogP) is 4.01. The van der Waals surface area contributed by atoms with E-state index in [1.807, 2.05) is 42.5 Å². The molecule has 0 radical (unpaired) electrons. The lowest BCUT2D eigenvalue weighted by Gasteiger charge is -2.34. The summed E-state index contributed by atoms with van der Waals surface area (Å²) in [4.78, 5) is 28.2. The summed E-state index contributed by atoms with van der Waals surface area (Å²) in [5, 5.41) is 2.15. The number of hydrogen-bond donors (Lipinski definition) is 0. The van der Waals surface area contributed by atoms with Crippen molar-refractivity contribution in [2.75, 3.05) is 18.0 Å². The molecule has 4 nitrogen and oxygen atoms in total. The number of carbonyl (C=O) groups excluding carboxylic acids is 2. The number of halogens is 2. The lowest BCUT2D eigenvalue weighted by molar-refractivity contribution is -0.146. The summed E-state index contributed by atoms with van der Waals surface area (Å²) in [7, 11) is 0. The zero-order valence-corrected chi connectivity index (χ0v) is 15.1. The second kappa shape index (κ2) is 7.00. The minimum Gasteiger partial charge on any atom is -0.328 e. The van der Waals surface area contributed by atoms with Crippen LogP contribution >= 0.6 is 11.6 Å². The average Bonchev–Trinajstić information content (AvgIpc) is 2.68. The van der Waals surface area contributed by atoms with E-state index in [4.69, 9.17) is 11.6 Å². The fourth-order valence-electron chi connectivity index (χ4n) is 3.37. The van der Waals surface area contributed by atoms with Crippen LogP contribution in [0.5, 0.6) is 0 Å². The number of hydrogen-bond acceptors (Lipinski definition) is 2. The molecular formula is C21H16ClFN2O2. The van der Waals surface area contributed by atoms with Gasteiger partial charge in [-0.05, 0) is 23.6 Å². The third-order valence-electron chi connectivity index (χ3n) is 4.78. The molecule has 27 heavy (non-hydrogen) atoms. The first kappa shape index (κ1) is 17.5. The van der Waals surface area contributed by atoms with Crippen molar-refractivity contribution in [1.29, 1.82) is 0 Å². The Bertz CT molecular complexity index is 1030. The zero-order chi connectivity index (χ0) is 19.0. The van der Waals surface area contributed by atoms with Crippen molar-refractivity contribution in [3.63, 3.8) is 0 Å². The molecule has 6 heteroatoms. The third kappa shape index (κ3) is 3.15. The largest absolute Gasteiger partial charge is 0.328 e. The minimum absolute atomic E-state index is 0.0283. The van der Waals surface area contributed by atoms with Gasteiger partial charge in [0.25, 0.3) is 0 Å². The van der Waals surface area contributed by atoms with Crippen LogP contribution in [-0.4, -0.2) is 29.8 Å². The quantitative estimate of drug-likeness (QED) is 0.642. The van der Waals surface area contributed by atoms with Crippen LogP contribution in [0.2, 0.25) is 5.02 Å². The maximum absolute atomic E-state index is 14.0. The standard InChI is InChI=1S/C21H16ClFN2O2/c22-17-8-4-9-18(23)16(17)13-24-11-12-25(21(27)20(24)26)19-10-3-6-14-5-1-2-7-15(14)19/h1-10H,11-13H2. The molecule has 0 N–H and O–H groups in total. The molecule has 0 aromatic heterocycles. The van der Waals surface area contributed by atoms with Gasteiger partial charge < -0.3 is 9.80 Å². The van der Waals surface area contributed by atoms with Gasteiger partial charge in [0.2, 0.25) is 0 Å². The SMILES string of the molecule is O=C1C(=O)N(c2cccc3ccccc23)CCN1Cc1c(F)cccc1Cl. The van der Waals surface area contributed by atoms with Crippen LogP contribution in [0.15, 0.2) is 60.7 Å². The maximum atomic E-state index is 14.0. The molecule has 0 aliphatic carbocycles. The number of amides is 2. The number of piperazine rings is 1. The highest BCUT2D eigenvalue weighted by molar-refractivity contribution is 6.41. The molecule has 0 spiro atoms. The summed E-state index contributed by atoms with van der Waals surface area (Å²) >= 11 is 6.05. The van der Waals surface area contributed by atoms with E-state index in [0.29, 0.717) is 18.8 Å². The van der Waals surface area contributed by atoms with Crippen LogP contribution in [0, 0.1) is 5.82 Å². The first-order chi connectivity index (χ1) is 13.1. The van der Waals surface area contributed by atoms with Crippen LogP contribution < -0.4 is 4.90 Å². The Balaban J connectivity index is 1.61. The fourth-order valence-corrected chi connectivity index (χ4v) is 3.60. The Morgan fingerprint density at radius 1 is 0.889 bits per heavy atom. The molecular weight excluding hydrogens is 367 g/mol. The van der Waals surface area contributed by atoms with Gasteiger partial charge in [0.15, 0.2) is 0 Å². The van der Waals surface area contributed by atoms with E-state index >= 15 is 0 Å². The molecule has 136 valence electrons. The van der Waals surface area contributed by atoms with Crippen molar-refractivity contribution in [1.82, 2.24) is 4.90 Å². The van der Waals surface area contributed by atoms with E-state index in [1.165, 1.54) is 21.9 Å².